The highest BCUT2D eigenvalue weighted by Crippen LogP contribution is 2.24. The Bertz CT molecular complexity index is 592. The second-order valence-corrected chi connectivity index (χ2v) is 3.05. The van der Waals surface area contributed by atoms with Crippen LogP contribution in [0, 0.1) is 18.3 Å². The van der Waals surface area contributed by atoms with Gasteiger partial charge >= 0.3 is 5.97 Å². The summed E-state index contributed by atoms with van der Waals surface area (Å²) in [6.45, 7) is 1.62. The average molecular weight is 202 g/mol. The van der Waals surface area contributed by atoms with Crippen molar-refractivity contribution in [1.29, 1.82) is 5.26 Å². The number of carboxylic acid groups (broad SMARTS) is 1. The molecule has 0 aliphatic carbocycles. The van der Waals surface area contributed by atoms with Crippen molar-refractivity contribution in [2.75, 3.05) is 0 Å². The molecular weight excluding hydrogens is 196 g/mol. The molecule has 0 spiro atoms. The SMILES string of the molecule is Cc1c(C(=O)O)oc2ncc(C#N)cc12. The fraction of sp³-hybridized carbons (Fsp3) is 0.100. The minimum absolute atomic E-state index is 0.132. The van der Waals surface area contributed by atoms with Gasteiger partial charge in [0.1, 0.15) is 6.07 Å². The summed E-state index contributed by atoms with van der Waals surface area (Å²) in [5, 5.41) is 18.0. The van der Waals surface area contributed by atoms with Crippen LogP contribution >= 0.6 is 0 Å². The Morgan fingerprint density at radius 3 is 3.00 bits per heavy atom. The number of rotatable bonds is 1. The average Bonchev–Trinajstić information content (AvgIpc) is 2.56. The van der Waals surface area contributed by atoms with Crippen molar-refractivity contribution >= 4 is 17.1 Å². The monoisotopic (exact) mass is 202 g/mol. The van der Waals surface area contributed by atoms with Gasteiger partial charge in [0.05, 0.1) is 5.56 Å². The lowest BCUT2D eigenvalue weighted by molar-refractivity contribution is 0.0663. The number of hydrogen-bond acceptors (Lipinski definition) is 4. The molecule has 5 heteroatoms. The van der Waals surface area contributed by atoms with Crippen LogP contribution in [0.5, 0.6) is 0 Å². The maximum absolute atomic E-state index is 10.8. The molecule has 0 radical (unpaired) electrons. The Hall–Kier alpha value is -2.35. The standard InChI is InChI=1S/C10H6N2O3/c1-5-7-2-6(3-11)4-12-9(7)15-8(5)10(13)14/h2,4H,1H3,(H,13,14). The molecule has 0 aliphatic rings. The van der Waals surface area contributed by atoms with E-state index < -0.39 is 5.97 Å². The maximum Gasteiger partial charge on any atom is 0.372 e. The van der Waals surface area contributed by atoms with Crippen LogP contribution in [0.25, 0.3) is 11.1 Å². The molecule has 0 bridgehead atoms. The summed E-state index contributed by atoms with van der Waals surface area (Å²) in [5.41, 5.74) is 1.11. The minimum Gasteiger partial charge on any atom is -0.475 e. The van der Waals surface area contributed by atoms with Crippen molar-refractivity contribution in [2.24, 2.45) is 0 Å². The van der Waals surface area contributed by atoms with E-state index in [0.29, 0.717) is 16.5 Å². The number of aryl methyl sites for hydroxylation is 1. The largest absolute Gasteiger partial charge is 0.475 e. The number of hydrogen-bond donors (Lipinski definition) is 1. The molecule has 0 amide bonds. The lowest BCUT2D eigenvalue weighted by Crippen LogP contribution is -1.95. The third-order valence-corrected chi connectivity index (χ3v) is 2.12. The van der Waals surface area contributed by atoms with Crippen LogP contribution in [-0.4, -0.2) is 16.1 Å². The van der Waals surface area contributed by atoms with Gasteiger partial charge in [0.25, 0.3) is 0 Å². The summed E-state index contributed by atoms with van der Waals surface area (Å²) >= 11 is 0. The summed E-state index contributed by atoms with van der Waals surface area (Å²) in [6.07, 6.45) is 1.34. The number of pyridine rings is 1. The molecule has 2 heterocycles. The number of carboxylic acids is 1. The van der Waals surface area contributed by atoms with Crippen LogP contribution in [0.1, 0.15) is 21.7 Å². The van der Waals surface area contributed by atoms with Gasteiger partial charge in [-0.05, 0) is 13.0 Å². The Kier molecular flexibility index (Phi) is 1.90. The van der Waals surface area contributed by atoms with Crippen molar-refractivity contribution in [3.63, 3.8) is 0 Å². The van der Waals surface area contributed by atoms with Gasteiger partial charge in [-0.25, -0.2) is 9.78 Å². The first kappa shape index (κ1) is 9.21. The fourth-order valence-electron chi connectivity index (χ4n) is 1.36. The first-order valence-electron chi connectivity index (χ1n) is 4.16. The van der Waals surface area contributed by atoms with Crippen LogP contribution in [0.3, 0.4) is 0 Å². The molecule has 15 heavy (non-hydrogen) atoms. The van der Waals surface area contributed by atoms with Crippen LogP contribution in [-0.2, 0) is 0 Å². The van der Waals surface area contributed by atoms with E-state index in [-0.39, 0.29) is 11.5 Å². The zero-order valence-electron chi connectivity index (χ0n) is 7.81. The van der Waals surface area contributed by atoms with Crippen molar-refractivity contribution in [3.05, 3.63) is 29.2 Å². The molecule has 0 saturated carbocycles. The highest BCUT2D eigenvalue weighted by Gasteiger charge is 2.17. The predicted molar refractivity (Wildman–Crippen MR) is 50.4 cm³/mol. The van der Waals surface area contributed by atoms with Gasteiger partial charge in [0.2, 0.25) is 11.5 Å². The lowest BCUT2D eigenvalue weighted by atomic mass is 10.1. The van der Waals surface area contributed by atoms with E-state index in [0.717, 1.165) is 0 Å². The third-order valence-electron chi connectivity index (χ3n) is 2.12. The molecular formula is C10H6N2O3. The number of nitrogens with zero attached hydrogens (tertiary/aromatic N) is 2. The molecule has 74 valence electrons. The number of aromatic carboxylic acids is 1. The number of furan rings is 1. The van der Waals surface area contributed by atoms with E-state index in [1.807, 2.05) is 6.07 Å². The summed E-state index contributed by atoms with van der Waals surface area (Å²) in [5.74, 6) is -1.27. The van der Waals surface area contributed by atoms with E-state index in [2.05, 4.69) is 4.98 Å². The molecule has 0 saturated heterocycles. The molecule has 1 N–H and O–H groups in total. The van der Waals surface area contributed by atoms with E-state index in [4.69, 9.17) is 14.8 Å². The molecule has 2 aromatic heterocycles. The second kappa shape index (κ2) is 3.10. The molecule has 0 aromatic carbocycles. The van der Waals surface area contributed by atoms with E-state index in [9.17, 15) is 4.79 Å². The van der Waals surface area contributed by atoms with E-state index >= 15 is 0 Å². The lowest BCUT2D eigenvalue weighted by Gasteiger charge is -1.89. The Morgan fingerprint density at radius 1 is 1.67 bits per heavy atom. The molecule has 0 aliphatic heterocycles. The van der Waals surface area contributed by atoms with Crippen molar-refractivity contribution in [2.45, 2.75) is 6.92 Å². The highest BCUT2D eigenvalue weighted by molar-refractivity contribution is 5.94. The molecule has 5 nitrogen and oxygen atoms in total. The van der Waals surface area contributed by atoms with Gasteiger partial charge < -0.3 is 9.52 Å². The van der Waals surface area contributed by atoms with Crippen molar-refractivity contribution < 1.29 is 14.3 Å². The first-order chi connectivity index (χ1) is 7.13. The summed E-state index contributed by atoms with van der Waals surface area (Å²) in [6, 6.07) is 3.50. The smallest absolute Gasteiger partial charge is 0.372 e. The van der Waals surface area contributed by atoms with Gasteiger partial charge in [0.15, 0.2) is 0 Å². The topological polar surface area (TPSA) is 87.1 Å². The Labute approximate surface area is 84.6 Å². The van der Waals surface area contributed by atoms with E-state index in [1.165, 1.54) is 6.20 Å². The zero-order chi connectivity index (χ0) is 11.0. The molecule has 2 rings (SSSR count). The number of carbonyl (C=O) groups is 1. The summed E-state index contributed by atoms with van der Waals surface area (Å²) in [4.78, 5) is 14.6. The van der Waals surface area contributed by atoms with Crippen LogP contribution < -0.4 is 0 Å². The summed E-state index contributed by atoms with van der Waals surface area (Å²) in [7, 11) is 0. The first-order valence-corrected chi connectivity index (χ1v) is 4.16. The third kappa shape index (κ3) is 1.32. The quantitative estimate of drug-likeness (QED) is 0.760. The highest BCUT2D eigenvalue weighted by atomic mass is 16.4. The van der Waals surface area contributed by atoms with Crippen LogP contribution in [0.4, 0.5) is 0 Å². The fourth-order valence-corrected chi connectivity index (χ4v) is 1.36. The zero-order valence-corrected chi connectivity index (χ0v) is 7.81. The molecule has 0 fully saturated rings. The van der Waals surface area contributed by atoms with Crippen molar-refractivity contribution in [1.82, 2.24) is 4.98 Å². The van der Waals surface area contributed by atoms with Crippen molar-refractivity contribution in [3.8, 4) is 6.07 Å². The number of nitriles is 1. The normalized spacial score (nSPS) is 10.1. The van der Waals surface area contributed by atoms with Gasteiger partial charge in [0, 0.05) is 17.1 Å². The Morgan fingerprint density at radius 2 is 2.40 bits per heavy atom. The summed E-state index contributed by atoms with van der Waals surface area (Å²) < 4.78 is 5.04. The van der Waals surface area contributed by atoms with Crippen LogP contribution in [0.15, 0.2) is 16.7 Å². The number of aromatic nitrogens is 1. The van der Waals surface area contributed by atoms with Gasteiger partial charge in [-0.1, -0.05) is 0 Å². The van der Waals surface area contributed by atoms with E-state index in [1.54, 1.807) is 13.0 Å². The number of fused-ring (bicyclic) bond motifs is 1. The molecule has 0 unspecified atom stereocenters. The predicted octanol–water partition coefficient (Wildman–Crippen LogP) is 1.71. The molecule has 0 atom stereocenters. The Balaban J connectivity index is 2.79. The maximum atomic E-state index is 10.8. The van der Waals surface area contributed by atoms with Gasteiger partial charge in [-0.3, -0.25) is 0 Å². The van der Waals surface area contributed by atoms with Gasteiger partial charge in [-0.15, -0.1) is 0 Å². The molecule has 2 aromatic rings. The van der Waals surface area contributed by atoms with Crippen LogP contribution in [0.2, 0.25) is 0 Å². The second-order valence-electron chi connectivity index (χ2n) is 3.05. The van der Waals surface area contributed by atoms with Gasteiger partial charge in [-0.2, -0.15) is 5.26 Å². The minimum atomic E-state index is -1.14.